The van der Waals surface area contributed by atoms with Crippen molar-refractivity contribution in [3.8, 4) is 17.2 Å². The first kappa shape index (κ1) is 25.6. The molecule has 0 radical (unpaired) electrons. The molecule has 3 aromatic carbocycles. The van der Waals surface area contributed by atoms with E-state index >= 15 is 0 Å². The van der Waals surface area contributed by atoms with Crippen molar-refractivity contribution in [2.75, 3.05) is 39.8 Å². The number of thiocarbonyl (C=S) groups is 1. The highest BCUT2D eigenvalue weighted by Crippen LogP contribution is 2.38. The lowest BCUT2D eigenvalue weighted by Crippen LogP contribution is -2.44. The Hall–Kier alpha value is -3.49. The summed E-state index contributed by atoms with van der Waals surface area (Å²) >= 11 is 11.8. The fourth-order valence-electron chi connectivity index (χ4n) is 4.16. The molecule has 1 atom stereocenters. The molecule has 0 aliphatic carbocycles. The molecule has 0 fully saturated rings. The number of anilines is 1. The number of hydrogen-bond acceptors (Lipinski definition) is 6. The number of halogens is 1. The van der Waals surface area contributed by atoms with Crippen molar-refractivity contribution < 1.29 is 23.7 Å². The van der Waals surface area contributed by atoms with Gasteiger partial charge in [-0.2, -0.15) is 0 Å². The lowest BCUT2D eigenvalue weighted by atomic mass is 9.92. The van der Waals surface area contributed by atoms with Crippen molar-refractivity contribution in [3.05, 3.63) is 82.4 Å². The largest absolute Gasteiger partial charge is 0.493 e. The van der Waals surface area contributed by atoms with Gasteiger partial charge in [-0.05, 0) is 90.4 Å². The molecule has 0 amide bonds. The number of nitrogens with zero attached hydrogens (tertiary/aromatic N) is 1. The molecule has 1 N–H and O–H groups in total. The number of esters is 1. The molecule has 188 valence electrons. The van der Waals surface area contributed by atoms with Crippen molar-refractivity contribution in [1.29, 1.82) is 0 Å². The molecule has 1 aliphatic rings. The second-order valence-corrected chi connectivity index (χ2v) is 8.95. The van der Waals surface area contributed by atoms with Gasteiger partial charge in [0.15, 0.2) is 16.6 Å². The second kappa shape index (κ2) is 11.5. The van der Waals surface area contributed by atoms with Crippen LogP contribution in [0.2, 0.25) is 5.02 Å². The van der Waals surface area contributed by atoms with Crippen molar-refractivity contribution in [3.63, 3.8) is 0 Å². The van der Waals surface area contributed by atoms with Crippen LogP contribution < -0.4 is 19.5 Å². The molecule has 0 spiro atoms. The van der Waals surface area contributed by atoms with Gasteiger partial charge in [-0.1, -0.05) is 11.6 Å². The Morgan fingerprint density at radius 2 is 1.69 bits per heavy atom. The molecule has 36 heavy (non-hydrogen) atoms. The molecule has 0 bridgehead atoms. The number of rotatable bonds is 7. The summed E-state index contributed by atoms with van der Waals surface area (Å²) in [6, 6.07) is 18.0. The zero-order chi connectivity index (χ0) is 25.7. The van der Waals surface area contributed by atoms with E-state index in [4.69, 9.17) is 42.8 Å². The first-order valence-corrected chi connectivity index (χ1v) is 12.1. The fourth-order valence-corrected chi connectivity index (χ4v) is 4.62. The molecular weight excluding hydrogens is 500 g/mol. The van der Waals surface area contributed by atoms with Gasteiger partial charge >= 0.3 is 5.97 Å². The van der Waals surface area contributed by atoms with Crippen molar-refractivity contribution in [1.82, 2.24) is 4.90 Å². The number of carbonyl (C=O) groups excluding carboxylic acids is 1. The van der Waals surface area contributed by atoms with Crippen molar-refractivity contribution in [2.45, 2.75) is 12.5 Å². The Labute approximate surface area is 220 Å². The van der Waals surface area contributed by atoms with Gasteiger partial charge in [0.2, 0.25) is 0 Å². The maximum Gasteiger partial charge on any atom is 0.337 e. The molecule has 7 nitrogen and oxygen atoms in total. The minimum absolute atomic E-state index is 0.193. The number of hydrogen-bond donors (Lipinski definition) is 1. The van der Waals surface area contributed by atoms with Crippen molar-refractivity contribution in [2.24, 2.45) is 0 Å². The van der Waals surface area contributed by atoms with E-state index in [1.165, 1.54) is 7.11 Å². The molecule has 1 aliphatic heterocycles. The van der Waals surface area contributed by atoms with Crippen LogP contribution in [0.25, 0.3) is 0 Å². The summed E-state index contributed by atoms with van der Waals surface area (Å²) in [6.07, 6.45) is 0.780. The third-order valence-corrected chi connectivity index (χ3v) is 6.63. The van der Waals surface area contributed by atoms with E-state index in [0.29, 0.717) is 46.1 Å². The number of fused-ring (bicyclic) bond motifs is 1. The predicted molar refractivity (Wildman–Crippen MR) is 144 cm³/mol. The monoisotopic (exact) mass is 526 g/mol. The summed E-state index contributed by atoms with van der Waals surface area (Å²) in [5, 5.41) is 4.54. The fraction of sp³-hybridized carbons (Fsp3) is 0.259. The van der Waals surface area contributed by atoms with E-state index in [1.54, 1.807) is 38.5 Å². The Morgan fingerprint density at radius 3 is 2.33 bits per heavy atom. The Balaban J connectivity index is 1.61. The van der Waals surface area contributed by atoms with Gasteiger partial charge in [-0.3, -0.25) is 0 Å². The van der Waals surface area contributed by atoms with Crippen LogP contribution in [0, 0.1) is 0 Å². The Morgan fingerprint density at radius 1 is 1.03 bits per heavy atom. The molecule has 3 aromatic rings. The highest BCUT2D eigenvalue weighted by molar-refractivity contribution is 7.80. The first-order valence-electron chi connectivity index (χ1n) is 11.3. The summed E-state index contributed by atoms with van der Waals surface area (Å²) in [4.78, 5) is 13.9. The maximum atomic E-state index is 11.7. The maximum absolute atomic E-state index is 11.7. The van der Waals surface area contributed by atoms with E-state index in [0.717, 1.165) is 23.2 Å². The van der Waals surface area contributed by atoms with Gasteiger partial charge < -0.3 is 29.2 Å². The van der Waals surface area contributed by atoms with Crippen LogP contribution in [0.5, 0.6) is 17.2 Å². The number of ether oxygens (including phenoxy) is 4. The van der Waals surface area contributed by atoms with Crippen LogP contribution in [-0.2, 0) is 11.2 Å². The number of carbonyl (C=O) groups is 1. The van der Waals surface area contributed by atoms with Gasteiger partial charge in [-0.15, -0.1) is 0 Å². The molecule has 9 heteroatoms. The van der Waals surface area contributed by atoms with Crippen LogP contribution in [0.4, 0.5) is 5.69 Å². The Bertz CT molecular complexity index is 1230. The molecule has 0 aromatic heterocycles. The summed E-state index contributed by atoms with van der Waals surface area (Å²) < 4.78 is 22.0. The zero-order valence-corrected chi connectivity index (χ0v) is 21.8. The lowest BCUT2D eigenvalue weighted by Gasteiger charge is -2.39. The highest BCUT2D eigenvalue weighted by atomic mass is 35.5. The summed E-state index contributed by atoms with van der Waals surface area (Å²) in [7, 11) is 4.60. The van der Waals surface area contributed by atoms with Gasteiger partial charge in [0.1, 0.15) is 12.4 Å². The van der Waals surface area contributed by atoms with Gasteiger partial charge in [0.25, 0.3) is 0 Å². The van der Waals surface area contributed by atoms with Gasteiger partial charge in [0.05, 0.1) is 32.9 Å². The second-order valence-electron chi connectivity index (χ2n) is 8.13. The molecule has 4 rings (SSSR count). The topological polar surface area (TPSA) is 69.3 Å². The quantitative estimate of drug-likeness (QED) is 0.319. The molecule has 0 saturated heterocycles. The highest BCUT2D eigenvalue weighted by Gasteiger charge is 2.31. The van der Waals surface area contributed by atoms with Gasteiger partial charge in [0, 0.05) is 17.3 Å². The normalized spacial score (nSPS) is 14.4. The minimum Gasteiger partial charge on any atom is -0.493 e. The van der Waals surface area contributed by atoms with Crippen LogP contribution >= 0.6 is 23.8 Å². The van der Waals surface area contributed by atoms with E-state index in [2.05, 4.69) is 10.2 Å². The number of methoxy groups -OCH3 is 3. The first-order chi connectivity index (χ1) is 17.4. The number of benzene rings is 3. The third kappa shape index (κ3) is 5.66. The lowest BCUT2D eigenvalue weighted by molar-refractivity contribution is 0.0600. The summed E-state index contributed by atoms with van der Waals surface area (Å²) in [5.74, 6) is 1.56. The average molecular weight is 527 g/mol. The average Bonchev–Trinajstić information content (AvgIpc) is 2.91. The van der Waals surface area contributed by atoms with E-state index in [-0.39, 0.29) is 6.04 Å². The summed E-state index contributed by atoms with van der Waals surface area (Å²) in [6.45, 7) is 1.01. The standard InChI is InChI=1S/C27H27ClN2O5S/c1-32-24-14-18-12-13-30(27(36)29-20-8-6-19(28)7-9-20)23(22(18)15-25(24)33-2)16-35-21-10-4-17(5-11-21)26(31)34-3/h4-11,14-15,23H,12-13,16H2,1-3H3,(H,29,36)/t23-/m0/s1. The van der Waals surface area contributed by atoms with E-state index in [1.807, 2.05) is 36.4 Å². The van der Waals surface area contributed by atoms with E-state index < -0.39 is 5.97 Å². The van der Waals surface area contributed by atoms with Crippen LogP contribution in [0.3, 0.4) is 0 Å². The van der Waals surface area contributed by atoms with Gasteiger partial charge in [-0.25, -0.2) is 4.79 Å². The summed E-state index contributed by atoms with van der Waals surface area (Å²) in [5.41, 5.74) is 3.50. The molecule has 1 heterocycles. The predicted octanol–water partition coefficient (Wildman–Crippen LogP) is 5.52. The zero-order valence-electron chi connectivity index (χ0n) is 20.2. The third-order valence-electron chi connectivity index (χ3n) is 6.04. The Kier molecular flexibility index (Phi) is 8.18. The van der Waals surface area contributed by atoms with Crippen molar-refractivity contribution >= 4 is 40.6 Å². The minimum atomic E-state index is -0.395. The molecule has 0 saturated carbocycles. The molecular formula is C27H27ClN2O5S. The van der Waals surface area contributed by atoms with Crippen LogP contribution in [0.1, 0.15) is 27.5 Å². The van der Waals surface area contributed by atoms with E-state index in [9.17, 15) is 4.79 Å². The number of nitrogens with one attached hydrogen (secondary N) is 1. The van der Waals surface area contributed by atoms with Crippen LogP contribution in [0.15, 0.2) is 60.7 Å². The molecule has 0 unspecified atom stereocenters. The van der Waals surface area contributed by atoms with Crippen LogP contribution in [-0.4, -0.2) is 50.5 Å². The SMILES string of the molecule is COC(=O)c1ccc(OC[C@H]2c3cc(OC)c(OC)cc3CCN2C(=S)Nc2ccc(Cl)cc2)cc1. The smallest absolute Gasteiger partial charge is 0.337 e.